The van der Waals surface area contributed by atoms with Gasteiger partial charge in [-0.05, 0) is 34.9 Å². The fourth-order valence-electron chi connectivity index (χ4n) is 4.33. The van der Waals surface area contributed by atoms with Gasteiger partial charge in [0.25, 0.3) is 5.91 Å². The predicted molar refractivity (Wildman–Crippen MR) is 142 cm³/mol. The summed E-state index contributed by atoms with van der Waals surface area (Å²) in [4.78, 5) is 40.5. The highest BCUT2D eigenvalue weighted by Crippen LogP contribution is 2.46. The maximum atomic E-state index is 13.0. The molecule has 0 spiro atoms. The van der Waals surface area contributed by atoms with Crippen LogP contribution in [0.4, 0.5) is 0 Å². The van der Waals surface area contributed by atoms with E-state index in [0.717, 1.165) is 21.6 Å². The molecule has 0 radical (unpaired) electrons. The summed E-state index contributed by atoms with van der Waals surface area (Å²) in [5.74, 6) is -1.48. The molecule has 37 heavy (non-hydrogen) atoms. The maximum Gasteiger partial charge on any atom is 0.353 e. The van der Waals surface area contributed by atoms with Gasteiger partial charge in [0, 0.05) is 15.6 Å². The number of rotatable bonds is 7. The number of hydrogen-bond donors (Lipinski definition) is 2. The maximum absolute atomic E-state index is 13.0. The molecule has 0 saturated carbocycles. The zero-order valence-electron chi connectivity index (χ0n) is 19.5. The van der Waals surface area contributed by atoms with Crippen LogP contribution in [0.5, 0.6) is 0 Å². The van der Waals surface area contributed by atoms with Gasteiger partial charge in [0.1, 0.15) is 17.1 Å². The zero-order valence-corrected chi connectivity index (χ0v) is 21.1. The number of nitriles is 1. The Hall–Kier alpha value is -4.00. The van der Waals surface area contributed by atoms with E-state index in [0.29, 0.717) is 16.2 Å². The third-order valence-corrected chi connectivity index (χ3v) is 8.73. The molecule has 3 aromatic rings. The Morgan fingerprint density at radius 2 is 1.76 bits per heavy atom. The van der Waals surface area contributed by atoms with E-state index in [1.54, 1.807) is 12.1 Å². The lowest BCUT2D eigenvalue weighted by Crippen LogP contribution is -2.70. The summed E-state index contributed by atoms with van der Waals surface area (Å²) in [5.41, 5.74) is 3.17. The third-order valence-electron chi connectivity index (χ3n) is 6.11. The Balaban J connectivity index is 1.36. The van der Waals surface area contributed by atoms with E-state index < -0.39 is 23.3 Å². The highest BCUT2D eigenvalue weighted by Gasteiger charge is 2.54. The topological polar surface area (TPSA) is 110 Å². The first kappa shape index (κ1) is 24.7. The van der Waals surface area contributed by atoms with Gasteiger partial charge in [-0.25, -0.2) is 4.79 Å². The van der Waals surface area contributed by atoms with Gasteiger partial charge in [-0.15, -0.1) is 11.8 Å². The number of carboxylic acids is 1. The zero-order chi connectivity index (χ0) is 25.9. The second-order valence-electron chi connectivity index (χ2n) is 8.48. The molecule has 9 heteroatoms. The number of carbonyl (C=O) groups is 3. The number of thioether (sulfide) groups is 2. The first-order valence-electron chi connectivity index (χ1n) is 11.5. The van der Waals surface area contributed by atoms with Crippen molar-refractivity contribution in [1.29, 1.82) is 5.26 Å². The van der Waals surface area contributed by atoms with Crippen LogP contribution >= 0.6 is 23.5 Å². The second-order valence-corrected chi connectivity index (χ2v) is 10.7. The van der Waals surface area contributed by atoms with Crippen LogP contribution in [-0.2, 0) is 20.8 Å². The molecular weight excluding hydrogens is 506 g/mol. The first-order chi connectivity index (χ1) is 18.0. The van der Waals surface area contributed by atoms with E-state index in [9.17, 15) is 19.5 Å². The van der Waals surface area contributed by atoms with Crippen LogP contribution in [0.1, 0.15) is 11.1 Å². The van der Waals surface area contributed by atoms with Gasteiger partial charge < -0.3 is 10.4 Å². The van der Waals surface area contributed by atoms with Gasteiger partial charge in [-0.2, -0.15) is 5.26 Å². The number of β-lactam (4-membered cyclic amide) rings is 1. The van der Waals surface area contributed by atoms with E-state index in [1.807, 2.05) is 66.7 Å². The fraction of sp³-hybridized carbons (Fsp3) is 0.143. The van der Waals surface area contributed by atoms with E-state index in [-0.39, 0.29) is 18.0 Å². The van der Waals surface area contributed by atoms with Crippen LogP contribution in [0.25, 0.3) is 11.1 Å². The second kappa shape index (κ2) is 10.5. The van der Waals surface area contributed by atoms with Crippen molar-refractivity contribution in [2.45, 2.75) is 22.7 Å². The van der Waals surface area contributed by atoms with Crippen molar-refractivity contribution < 1.29 is 19.5 Å². The minimum atomic E-state index is -1.17. The van der Waals surface area contributed by atoms with Crippen LogP contribution in [0.3, 0.4) is 0 Å². The highest BCUT2D eigenvalue weighted by atomic mass is 32.2. The molecule has 0 aromatic heterocycles. The smallest absolute Gasteiger partial charge is 0.353 e. The Bertz CT molecular complexity index is 1450. The van der Waals surface area contributed by atoms with Crippen LogP contribution < -0.4 is 5.32 Å². The number of nitrogens with one attached hydrogen (secondary N) is 1. The van der Waals surface area contributed by atoms with Crippen molar-refractivity contribution in [3.8, 4) is 17.2 Å². The number of carbonyl (C=O) groups excluding carboxylic acids is 2. The molecule has 5 rings (SSSR count). The number of nitrogens with zero attached hydrogens (tertiary/aromatic N) is 2. The number of carboxylic acid groups (broad SMARTS) is 1. The Morgan fingerprint density at radius 1 is 1.05 bits per heavy atom. The Labute approximate surface area is 222 Å². The van der Waals surface area contributed by atoms with Crippen LogP contribution in [0.2, 0.25) is 0 Å². The molecule has 0 bridgehead atoms. The quantitative estimate of drug-likeness (QED) is 0.442. The number of aliphatic carboxylic acids is 1. The summed E-state index contributed by atoms with van der Waals surface area (Å²) in [6, 6.07) is 25.4. The summed E-state index contributed by atoms with van der Waals surface area (Å²) in [6.07, 6.45) is 0.150. The molecule has 3 aromatic carbocycles. The van der Waals surface area contributed by atoms with E-state index >= 15 is 0 Å². The number of hydrogen-bond acceptors (Lipinski definition) is 6. The van der Waals surface area contributed by atoms with Crippen LogP contribution in [0, 0.1) is 11.3 Å². The van der Waals surface area contributed by atoms with Crippen LogP contribution in [-0.4, -0.2) is 45.0 Å². The fourth-order valence-corrected chi connectivity index (χ4v) is 6.95. The molecule has 2 aliphatic rings. The largest absolute Gasteiger partial charge is 0.477 e. The minimum Gasteiger partial charge on any atom is -0.477 e. The van der Waals surface area contributed by atoms with Gasteiger partial charge in [0.05, 0.1) is 18.1 Å². The molecular formula is C28H21N3O4S2. The molecule has 0 aliphatic carbocycles. The lowest BCUT2D eigenvalue weighted by atomic mass is 10.0. The van der Waals surface area contributed by atoms with Crippen molar-refractivity contribution in [3.05, 3.63) is 101 Å². The number of amides is 2. The van der Waals surface area contributed by atoms with Crippen molar-refractivity contribution in [2.24, 2.45) is 0 Å². The molecule has 0 unspecified atom stereocenters. The first-order valence-corrected chi connectivity index (χ1v) is 13.3. The van der Waals surface area contributed by atoms with Crippen LogP contribution in [0.15, 0.2) is 94.4 Å². The monoisotopic (exact) mass is 527 g/mol. The molecule has 2 atom stereocenters. The standard InChI is InChI=1S/C28H21N3O4S2/c29-15-18-10-12-19(13-11-18)20-8-4-5-9-21(20)37-22-16-36-27-24(26(33)31(27)25(22)28(34)35)30-23(32)14-17-6-2-1-3-7-17/h1-13,24,27H,14,16H2,(H,30,32)(H,34,35)/t24-,27-/m1/s1. The van der Waals surface area contributed by atoms with E-state index in [4.69, 9.17) is 5.26 Å². The van der Waals surface area contributed by atoms with Gasteiger partial charge in [0.2, 0.25) is 5.91 Å². The van der Waals surface area contributed by atoms with Gasteiger partial charge in [-0.3, -0.25) is 14.5 Å². The van der Waals surface area contributed by atoms with E-state index in [2.05, 4.69) is 11.4 Å². The molecule has 184 valence electrons. The highest BCUT2D eigenvalue weighted by molar-refractivity contribution is 8.06. The third kappa shape index (κ3) is 4.99. The lowest BCUT2D eigenvalue weighted by molar-refractivity contribution is -0.150. The average Bonchev–Trinajstić information content (AvgIpc) is 2.92. The SMILES string of the molecule is N#Cc1ccc(-c2ccccc2SC2=C(C(=O)O)N3C(=O)[C@@H](NC(=O)Cc4ccccc4)[C@H]3SC2)cc1. The van der Waals surface area contributed by atoms with Crippen molar-refractivity contribution in [2.75, 3.05) is 5.75 Å². The molecule has 2 aliphatic heterocycles. The normalized spacial score (nSPS) is 18.5. The summed E-state index contributed by atoms with van der Waals surface area (Å²) in [5, 5.41) is 21.4. The number of benzene rings is 3. The minimum absolute atomic E-state index is 0.0399. The lowest BCUT2D eigenvalue weighted by Gasteiger charge is -2.49. The Kier molecular flexibility index (Phi) is 7.04. The van der Waals surface area contributed by atoms with Gasteiger partial charge in [-0.1, -0.05) is 72.4 Å². The van der Waals surface area contributed by atoms with Crippen molar-refractivity contribution in [1.82, 2.24) is 10.2 Å². The Morgan fingerprint density at radius 3 is 2.46 bits per heavy atom. The molecule has 2 heterocycles. The number of fused-ring (bicyclic) bond motifs is 1. The van der Waals surface area contributed by atoms with E-state index in [1.165, 1.54) is 28.4 Å². The summed E-state index contributed by atoms with van der Waals surface area (Å²) >= 11 is 2.76. The van der Waals surface area contributed by atoms with Crippen molar-refractivity contribution >= 4 is 41.3 Å². The molecule has 2 amide bonds. The molecule has 2 N–H and O–H groups in total. The summed E-state index contributed by atoms with van der Waals surface area (Å²) in [6.45, 7) is 0. The molecule has 1 saturated heterocycles. The van der Waals surface area contributed by atoms with Gasteiger partial charge in [0.15, 0.2) is 0 Å². The summed E-state index contributed by atoms with van der Waals surface area (Å²) in [7, 11) is 0. The average molecular weight is 528 g/mol. The van der Waals surface area contributed by atoms with Gasteiger partial charge >= 0.3 is 5.97 Å². The molecule has 7 nitrogen and oxygen atoms in total. The molecule has 1 fully saturated rings. The summed E-state index contributed by atoms with van der Waals surface area (Å²) < 4.78 is 0. The van der Waals surface area contributed by atoms with Crippen molar-refractivity contribution in [3.63, 3.8) is 0 Å². The predicted octanol–water partition coefficient (Wildman–Crippen LogP) is 4.26.